The molecule has 3 rings (SSSR count). The average molecular weight is 485 g/mol. The van der Waals surface area contributed by atoms with Gasteiger partial charge in [-0.2, -0.15) is 0 Å². The third kappa shape index (κ3) is 6.30. The van der Waals surface area contributed by atoms with Gasteiger partial charge in [0, 0.05) is 25.0 Å². The van der Waals surface area contributed by atoms with Crippen LogP contribution in [0.1, 0.15) is 63.5 Å². The first-order valence-corrected chi connectivity index (χ1v) is 15.1. The number of aryl methyl sites for hydroxylation is 1. The van der Waals surface area contributed by atoms with Gasteiger partial charge in [0.1, 0.15) is 11.4 Å². The van der Waals surface area contributed by atoms with E-state index < -0.39 is 14.2 Å². The Labute approximate surface area is 204 Å². The van der Waals surface area contributed by atoms with Crippen molar-refractivity contribution >= 4 is 25.1 Å². The van der Waals surface area contributed by atoms with Crippen LogP contribution in [0.5, 0.6) is 5.75 Å². The third-order valence-electron chi connectivity index (χ3n) is 6.93. The number of nitrogens with two attached hydrogens (primary N) is 1. The molecule has 0 fully saturated rings. The number of carbonyl (C=O) groups is 1. The van der Waals surface area contributed by atoms with Crippen LogP contribution in [-0.4, -0.2) is 41.6 Å². The summed E-state index contributed by atoms with van der Waals surface area (Å²) >= 11 is 0. The molecule has 3 aromatic rings. The Morgan fingerprint density at radius 3 is 2.65 bits per heavy atom. The number of nitrogens with zero attached hydrogens (tertiary/aromatic N) is 3. The van der Waals surface area contributed by atoms with E-state index in [1.165, 1.54) is 5.39 Å². The van der Waals surface area contributed by atoms with E-state index in [0.29, 0.717) is 6.61 Å². The van der Waals surface area contributed by atoms with Crippen molar-refractivity contribution < 1.29 is 14.0 Å². The van der Waals surface area contributed by atoms with Crippen molar-refractivity contribution in [1.29, 1.82) is 0 Å². The fourth-order valence-corrected chi connectivity index (χ4v) is 4.62. The van der Waals surface area contributed by atoms with E-state index in [9.17, 15) is 4.79 Å². The van der Waals surface area contributed by atoms with Crippen molar-refractivity contribution in [3.05, 3.63) is 48.7 Å². The first-order valence-electron chi connectivity index (χ1n) is 12.2. The average Bonchev–Trinajstić information content (AvgIpc) is 3.41. The normalized spacial score (nSPS) is 13.4. The van der Waals surface area contributed by atoms with E-state index in [1.54, 1.807) is 12.5 Å². The molecular formula is C26H40N4O3Si. The lowest BCUT2D eigenvalue weighted by Crippen LogP contribution is -2.42. The van der Waals surface area contributed by atoms with Gasteiger partial charge in [-0.15, -0.1) is 0 Å². The van der Waals surface area contributed by atoms with Gasteiger partial charge in [-0.3, -0.25) is 4.79 Å². The fourth-order valence-electron chi connectivity index (χ4n) is 3.57. The standard InChI is InChI=1S/C26H40N4O3Si/c1-7-8-15-32-22-10-9-20-11-13-29(24(20)16-22)14-12-21(18-33-34(5,6)26(2,3)4)30-17-23(25(27)31)28-19-30/h9-11,13,16-17,19,21H,7-8,12,14-15,18H2,1-6H3,(H2,27,31)/t21-/m1/s1. The fraction of sp³-hybridized carbons (Fsp3) is 0.538. The number of benzene rings is 1. The molecule has 1 atom stereocenters. The Morgan fingerprint density at radius 1 is 1.24 bits per heavy atom. The Morgan fingerprint density at radius 2 is 2.00 bits per heavy atom. The summed E-state index contributed by atoms with van der Waals surface area (Å²) in [5.41, 5.74) is 6.87. The molecule has 2 heterocycles. The van der Waals surface area contributed by atoms with Crippen molar-refractivity contribution in [2.75, 3.05) is 13.2 Å². The highest BCUT2D eigenvalue weighted by Crippen LogP contribution is 2.37. The molecule has 0 saturated heterocycles. The van der Waals surface area contributed by atoms with Crippen molar-refractivity contribution in [1.82, 2.24) is 14.1 Å². The van der Waals surface area contributed by atoms with Crippen molar-refractivity contribution in [3.63, 3.8) is 0 Å². The Bertz CT molecular complexity index is 1100. The van der Waals surface area contributed by atoms with Gasteiger partial charge in [0.25, 0.3) is 5.91 Å². The summed E-state index contributed by atoms with van der Waals surface area (Å²) in [5, 5.41) is 1.31. The number of rotatable bonds is 12. The first-order chi connectivity index (χ1) is 16.0. The van der Waals surface area contributed by atoms with E-state index in [0.717, 1.165) is 43.7 Å². The smallest absolute Gasteiger partial charge is 0.268 e. The molecular weight excluding hydrogens is 444 g/mol. The molecule has 0 aliphatic carbocycles. The molecule has 8 heteroatoms. The summed E-state index contributed by atoms with van der Waals surface area (Å²) in [6.45, 7) is 15.5. The van der Waals surface area contributed by atoms with Crippen molar-refractivity contribution in [3.8, 4) is 5.75 Å². The first kappa shape index (κ1) is 26.0. The minimum atomic E-state index is -1.93. The lowest BCUT2D eigenvalue weighted by molar-refractivity contribution is 0.0995. The molecule has 1 aromatic carbocycles. The van der Waals surface area contributed by atoms with Crippen molar-refractivity contribution in [2.24, 2.45) is 5.73 Å². The van der Waals surface area contributed by atoms with Gasteiger partial charge in [-0.25, -0.2) is 4.98 Å². The summed E-state index contributed by atoms with van der Waals surface area (Å²) in [7, 11) is -1.93. The van der Waals surface area contributed by atoms with Gasteiger partial charge >= 0.3 is 0 Å². The van der Waals surface area contributed by atoms with E-state index in [4.69, 9.17) is 14.9 Å². The largest absolute Gasteiger partial charge is 0.494 e. The zero-order chi connectivity index (χ0) is 24.9. The SMILES string of the molecule is CCCCOc1ccc2ccn(CC[C@H](CO[Si](C)(C)C(C)(C)C)n3cnc(C(N)=O)c3)c2c1. The maximum Gasteiger partial charge on any atom is 0.268 e. The Kier molecular flexibility index (Phi) is 8.25. The molecule has 0 aliphatic heterocycles. The number of hydrogen-bond donors (Lipinski definition) is 1. The molecule has 0 bridgehead atoms. The van der Waals surface area contributed by atoms with Crippen LogP contribution in [0.2, 0.25) is 18.1 Å². The molecule has 0 aliphatic rings. The quantitative estimate of drug-likeness (QED) is 0.261. The van der Waals surface area contributed by atoms with Crippen LogP contribution in [0.3, 0.4) is 0 Å². The lowest BCUT2D eigenvalue weighted by Gasteiger charge is -2.37. The van der Waals surface area contributed by atoms with Gasteiger partial charge in [0.2, 0.25) is 0 Å². The van der Waals surface area contributed by atoms with Gasteiger partial charge in [0.15, 0.2) is 8.32 Å². The summed E-state index contributed by atoms with van der Waals surface area (Å²) in [6.07, 6.45) is 8.53. The van der Waals surface area contributed by atoms with E-state index in [1.807, 2.05) is 10.6 Å². The Hall–Kier alpha value is -2.58. The Balaban J connectivity index is 1.78. The molecule has 34 heavy (non-hydrogen) atoms. The van der Waals surface area contributed by atoms with Gasteiger partial charge in [-0.1, -0.05) is 34.1 Å². The van der Waals surface area contributed by atoms with Gasteiger partial charge < -0.3 is 24.0 Å². The molecule has 2 aromatic heterocycles. The number of hydrogen-bond acceptors (Lipinski definition) is 4. The number of amides is 1. The molecule has 2 N–H and O–H groups in total. The monoisotopic (exact) mass is 484 g/mol. The lowest BCUT2D eigenvalue weighted by atomic mass is 10.2. The number of unbranched alkanes of at least 4 members (excludes halogenated alkanes) is 1. The molecule has 1 amide bonds. The third-order valence-corrected chi connectivity index (χ3v) is 11.4. The van der Waals surface area contributed by atoms with Gasteiger partial charge in [0.05, 0.1) is 31.1 Å². The molecule has 186 valence electrons. The second kappa shape index (κ2) is 10.8. The van der Waals surface area contributed by atoms with Crippen LogP contribution in [0.4, 0.5) is 0 Å². The van der Waals surface area contributed by atoms with E-state index in [-0.39, 0.29) is 16.8 Å². The van der Waals surface area contributed by atoms with Crippen molar-refractivity contribution in [2.45, 2.75) is 77.7 Å². The van der Waals surface area contributed by atoms with Crippen LogP contribution in [-0.2, 0) is 11.0 Å². The number of fused-ring (bicyclic) bond motifs is 1. The summed E-state index contributed by atoms with van der Waals surface area (Å²) in [4.78, 5) is 15.8. The van der Waals surface area contributed by atoms with Crippen LogP contribution >= 0.6 is 0 Å². The number of imidazole rings is 1. The van der Waals surface area contributed by atoms with Crippen LogP contribution in [0, 0.1) is 0 Å². The van der Waals surface area contributed by atoms with Crippen LogP contribution in [0.25, 0.3) is 10.9 Å². The zero-order valence-corrected chi connectivity index (χ0v) is 22.5. The van der Waals surface area contributed by atoms with E-state index >= 15 is 0 Å². The number of primary amides is 1. The predicted molar refractivity (Wildman–Crippen MR) is 140 cm³/mol. The van der Waals surface area contributed by atoms with Gasteiger partial charge in [-0.05, 0) is 54.6 Å². The molecule has 0 spiro atoms. The second-order valence-corrected chi connectivity index (χ2v) is 15.3. The number of ether oxygens (including phenoxy) is 1. The molecule has 0 saturated carbocycles. The molecule has 0 unspecified atom stereocenters. The topological polar surface area (TPSA) is 84.3 Å². The maximum atomic E-state index is 11.6. The van der Waals surface area contributed by atoms with Crippen LogP contribution < -0.4 is 10.5 Å². The summed E-state index contributed by atoms with van der Waals surface area (Å²) < 4.78 is 16.7. The summed E-state index contributed by atoms with van der Waals surface area (Å²) in [6, 6.07) is 8.44. The highest BCUT2D eigenvalue weighted by atomic mass is 28.4. The van der Waals surface area contributed by atoms with Crippen LogP contribution in [0.15, 0.2) is 43.0 Å². The predicted octanol–water partition coefficient (Wildman–Crippen LogP) is 5.77. The van der Waals surface area contributed by atoms with E-state index in [2.05, 4.69) is 74.7 Å². The molecule has 0 radical (unpaired) electrons. The highest BCUT2D eigenvalue weighted by molar-refractivity contribution is 6.74. The zero-order valence-electron chi connectivity index (χ0n) is 21.5. The second-order valence-electron chi connectivity index (χ2n) is 10.5. The highest BCUT2D eigenvalue weighted by Gasteiger charge is 2.37. The minimum absolute atomic E-state index is 0.0381. The molecule has 7 nitrogen and oxygen atoms in total. The minimum Gasteiger partial charge on any atom is -0.494 e. The number of aromatic nitrogens is 3. The maximum absolute atomic E-state index is 11.6. The number of carbonyl (C=O) groups excluding carboxylic acids is 1. The summed E-state index contributed by atoms with van der Waals surface area (Å²) in [5.74, 6) is 0.384.